The van der Waals surface area contributed by atoms with Crippen LogP contribution in [0.2, 0.25) is 0 Å². The Balaban J connectivity index is 2.38. The van der Waals surface area contributed by atoms with Crippen molar-refractivity contribution in [3.63, 3.8) is 0 Å². The lowest BCUT2D eigenvalue weighted by Gasteiger charge is -2.10. The molecule has 0 spiro atoms. The molecule has 3 nitrogen and oxygen atoms in total. The van der Waals surface area contributed by atoms with E-state index >= 15 is 0 Å². The molecule has 3 aromatic rings. The molecule has 20 heavy (non-hydrogen) atoms. The minimum atomic E-state index is -0.414. The lowest BCUT2D eigenvalue weighted by molar-refractivity contribution is 0.409. The van der Waals surface area contributed by atoms with Crippen molar-refractivity contribution in [3.05, 3.63) is 52.8 Å². The predicted molar refractivity (Wildman–Crippen MR) is 74.9 cm³/mol. The summed E-state index contributed by atoms with van der Waals surface area (Å²) < 4.78 is 34.1. The minimum Gasteiger partial charge on any atom is -0.494 e. The molecular weight excluding hydrogens is 282 g/mol. The molecule has 0 saturated carbocycles. The van der Waals surface area contributed by atoms with Crippen molar-refractivity contribution in [2.45, 2.75) is 0 Å². The van der Waals surface area contributed by atoms with Crippen LogP contribution in [0, 0.1) is 16.4 Å². The number of hydrogen-bond acceptors (Lipinski definition) is 2. The Morgan fingerprint density at radius 2 is 2.00 bits per heavy atom. The molecule has 0 aliphatic rings. The summed E-state index contributed by atoms with van der Waals surface area (Å²) in [5.41, 5.74) is 1.43. The van der Waals surface area contributed by atoms with E-state index in [-0.39, 0.29) is 0 Å². The third kappa shape index (κ3) is 1.89. The standard InChI is InChI=1S/C14H10F2N2OS/c1-19-12-7-8(15)5-6-10(12)18-11-4-2-3-9(16)13(11)17-14(18)20/h2-7H,1H3,(H,17,20). The van der Waals surface area contributed by atoms with Crippen LogP contribution in [0.3, 0.4) is 0 Å². The monoisotopic (exact) mass is 292 g/mol. The molecule has 0 radical (unpaired) electrons. The van der Waals surface area contributed by atoms with Crippen molar-refractivity contribution >= 4 is 23.3 Å². The van der Waals surface area contributed by atoms with E-state index in [4.69, 9.17) is 17.0 Å². The van der Waals surface area contributed by atoms with Gasteiger partial charge in [-0.25, -0.2) is 8.78 Å². The second-order valence-electron chi connectivity index (χ2n) is 4.22. The smallest absolute Gasteiger partial charge is 0.182 e. The summed E-state index contributed by atoms with van der Waals surface area (Å²) in [4.78, 5) is 2.81. The van der Waals surface area contributed by atoms with Gasteiger partial charge in [-0.15, -0.1) is 0 Å². The van der Waals surface area contributed by atoms with Crippen molar-refractivity contribution < 1.29 is 13.5 Å². The van der Waals surface area contributed by atoms with Gasteiger partial charge in [0.1, 0.15) is 22.9 Å². The number of nitrogens with one attached hydrogen (secondary N) is 1. The van der Waals surface area contributed by atoms with E-state index in [2.05, 4.69) is 4.98 Å². The average molecular weight is 292 g/mol. The van der Waals surface area contributed by atoms with Crippen molar-refractivity contribution in [1.82, 2.24) is 9.55 Å². The largest absolute Gasteiger partial charge is 0.494 e. The first-order valence-electron chi connectivity index (χ1n) is 5.85. The van der Waals surface area contributed by atoms with Crippen LogP contribution in [0.5, 0.6) is 5.75 Å². The molecule has 6 heteroatoms. The molecule has 0 aliphatic carbocycles. The summed E-state index contributed by atoms with van der Waals surface area (Å²) in [5.74, 6) is -0.483. The van der Waals surface area contributed by atoms with Crippen LogP contribution in [-0.4, -0.2) is 16.7 Å². The fourth-order valence-corrected chi connectivity index (χ4v) is 2.47. The summed E-state index contributed by atoms with van der Waals surface area (Å²) in [6.07, 6.45) is 0. The van der Waals surface area contributed by atoms with Gasteiger partial charge in [-0.3, -0.25) is 4.57 Å². The first kappa shape index (κ1) is 12.8. The van der Waals surface area contributed by atoms with E-state index in [1.54, 1.807) is 22.8 Å². The number of rotatable bonds is 2. The topological polar surface area (TPSA) is 29.9 Å². The number of ether oxygens (including phenoxy) is 1. The summed E-state index contributed by atoms with van der Waals surface area (Å²) in [5, 5.41) is 0. The van der Waals surface area contributed by atoms with Crippen LogP contribution < -0.4 is 4.74 Å². The maximum atomic E-state index is 13.8. The van der Waals surface area contributed by atoms with Gasteiger partial charge in [0, 0.05) is 6.07 Å². The van der Waals surface area contributed by atoms with Gasteiger partial charge < -0.3 is 9.72 Å². The number of halogens is 2. The molecule has 0 bridgehead atoms. The molecule has 0 aliphatic heterocycles. The van der Waals surface area contributed by atoms with Gasteiger partial charge in [-0.1, -0.05) is 6.07 Å². The molecule has 0 unspecified atom stereocenters. The molecule has 2 aromatic carbocycles. The maximum Gasteiger partial charge on any atom is 0.182 e. The number of aromatic amines is 1. The fraction of sp³-hybridized carbons (Fsp3) is 0.0714. The molecule has 0 amide bonds. The number of para-hydroxylation sites is 1. The van der Waals surface area contributed by atoms with E-state index in [9.17, 15) is 8.78 Å². The van der Waals surface area contributed by atoms with Gasteiger partial charge in [0.15, 0.2) is 4.77 Å². The van der Waals surface area contributed by atoms with Crippen LogP contribution >= 0.6 is 12.2 Å². The molecule has 1 heterocycles. The highest BCUT2D eigenvalue weighted by Crippen LogP contribution is 2.28. The third-order valence-corrected chi connectivity index (χ3v) is 3.33. The summed E-state index contributed by atoms with van der Waals surface area (Å²) >= 11 is 5.23. The number of methoxy groups -OCH3 is 1. The molecule has 0 saturated heterocycles. The Hall–Kier alpha value is -2.21. The maximum absolute atomic E-state index is 13.8. The molecule has 1 N–H and O–H groups in total. The van der Waals surface area contributed by atoms with Crippen molar-refractivity contribution in [1.29, 1.82) is 0 Å². The molecule has 102 valence electrons. The first-order chi connectivity index (χ1) is 9.61. The minimum absolute atomic E-state index is 0.309. The van der Waals surface area contributed by atoms with Gasteiger partial charge in [0.05, 0.1) is 18.3 Å². The van der Waals surface area contributed by atoms with Gasteiger partial charge in [0.2, 0.25) is 0 Å². The molecule has 3 rings (SSSR count). The molecule has 0 fully saturated rings. The third-order valence-electron chi connectivity index (χ3n) is 3.05. The lowest BCUT2D eigenvalue weighted by Crippen LogP contribution is -1.98. The Bertz CT molecular complexity index is 854. The zero-order valence-electron chi connectivity index (χ0n) is 10.5. The van der Waals surface area contributed by atoms with E-state index in [1.807, 2.05) is 0 Å². The molecule has 0 atom stereocenters. The van der Waals surface area contributed by atoms with Gasteiger partial charge in [0.25, 0.3) is 0 Å². The average Bonchev–Trinajstić information content (AvgIpc) is 2.77. The fourth-order valence-electron chi connectivity index (χ4n) is 2.17. The second kappa shape index (κ2) is 4.72. The number of benzene rings is 2. The van der Waals surface area contributed by atoms with Crippen molar-refractivity contribution in [2.24, 2.45) is 0 Å². The van der Waals surface area contributed by atoms with Crippen LogP contribution in [0.15, 0.2) is 36.4 Å². The Kier molecular flexibility index (Phi) is 3.02. The van der Waals surface area contributed by atoms with Crippen LogP contribution in [-0.2, 0) is 0 Å². The van der Waals surface area contributed by atoms with Crippen LogP contribution in [0.1, 0.15) is 0 Å². The first-order valence-corrected chi connectivity index (χ1v) is 6.26. The van der Waals surface area contributed by atoms with Gasteiger partial charge >= 0.3 is 0 Å². The lowest BCUT2D eigenvalue weighted by atomic mass is 10.2. The Labute approximate surface area is 118 Å². The zero-order valence-corrected chi connectivity index (χ0v) is 11.3. The zero-order chi connectivity index (χ0) is 14.3. The SMILES string of the molecule is COc1cc(F)ccc1-n1c(=S)[nH]c2c(F)cccc21. The van der Waals surface area contributed by atoms with E-state index in [0.717, 1.165) is 0 Å². The summed E-state index contributed by atoms with van der Waals surface area (Å²) in [6.45, 7) is 0. The number of nitrogens with zero attached hydrogens (tertiary/aromatic N) is 1. The van der Waals surface area contributed by atoms with E-state index in [1.165, 1.54) is 25.3 Å². The normalized spacial score (nSPS) is 10.9. The molecule has 1 aromatic heterocycles. The Morgan fingerprint density at radius 1 is 1.20 bits per heavy atom. The summed E-state index contributed by atoms with van der Waals surface area (Å²) in [7, 11) is 1.44. The second-order valence-corrected chi connectivity index (χ2v) is 4.60. The van der Waals surface area contributed by atoms with E-state index < -0.39 is 11.6 Å². The van der Waals surface area contributed by atoms with Gasteiger partial charge in [-0.05, 0) is 36.5 Å². The highest BCUT2D eigenvalue weighted by atomic mass is 32.1. The highest BCUT2D eigenvalue weighted by molar-refractivity contribution is 7.71. The summed E-state index contributed by atoms with van der Waals surface area (Å²) in [6, 6.07) is 8.77. The van der Waals surface area contributed by atoms with Crippen LogP contribution in [0.4, 0.5) is 8.78 Å². The van der Waals surface area contributed by atoms with E-state index in [0.29, 0.717) is 27.2 Å². The van der Waals surface area contributed by atoms with Crippen molar-refractivity contribution in [3.8, 4) is 11.4 Å². The van der Waals surface area contributed by atoms with Gasteiger partial charge in [-0.2, -0.15) is 0 Å². The van der Waals surface area contributed by atoms with Crippen molar-refractivity contribution in [2.75, 3.05) is 7.11 Å². The molecular formula is C14H10F2N2OS. The number of H-pyrrole nitrogens is 1. The Morgan fingerprint density at radius 3 is 2.75 bits per heavy atom. The number of aromatic nitrogens is 2. The number of fused-ring (bicyclic) bond motifs is 1. The quantitative estimate of drug-likeness (QED) is 0.724. The number of imidazole rings is 1. The number of hydrogen-bond donors (Lipinski definition) is 1. The van der Waals surface area contributed by atoms with Crippen LogP contribution in [0.25, 0.3) is 16.7 Å². The predicted octanol–water partition coefficient (Wildman–Crippen LogP) is 3.97. The highest BCUT2D eigenvalue weighted by Gasteiger charge is 2.13.